The molecule has 1 atom stereocenters. The van der Waals surface area contributed by atoms with Crippen LogP contribution in [0.3, 0.4) is 0 Å². The summed E-state index contributed by atoms with van der Waals surface area (Å²) in [7, 11) is 1.79. The molecule has 0 saturated heterocycles. The Bertz CT molecular complexity index is 1050. The maximum Gasteiger partial charge on any atom is 0.165 e. The molecule has 2 aromatic carbocycles. The van der Waals surface area contributed by atoms with Crippen molar-refractivity contribution in [3.63, 3.8) is 0 Å². The van der Waals surface area contributed by atoms with Crippen molar-refractivity contribution in [1.82, 2.24) is 9.55 Å². The number of rotatable bonds is 5. The van der Waals surface area contributed by atoms with E-state index in [0.29, 0.717) is 32.6 Å². The molecule has 0 fully saturated rings. The van der Waals surface area contributed by atoms with Crippen LogP contribution in [0, 0.1) is 22.7 Å². The van der Waals surface area contributed by atoms with Crippen molar-refractivity contribution in [1.29, 1.82) is 10.5 Å². The molecule has 134 valence electrons. The van der Waals surface area contributed by atoms with Gasteiger partial charge < -0.3 is 14.4 Å². The Balaban J connectivity index is 1.97. The molecule has 0 aliphatic carbocycles. The minimum Gasteiger partial charge on any atom is -0.489 e. The first kappa shape index (κ1) is 18.7. The number of hydrogen-bond acceptors (Lipinski definition) is 5. The van der Waals surface area contributed by atoms with Gasteiger partial charge >= 0.3 is 0 Å². The summed E-state index contributed by atoms with van der Waals surface area (Å²) in [5.74, 6) is 0.503. The molecule has 1 aromatic heterocycles. The average Bonchev–Trinajstić information content (AvgIpc) is 3.13. The summed E-state index contributed by atoms with van der Waals surface area (Å²) in [5, 5.41) is 29.5. The third-order valence-corrected chi connectivity index (χ3v) is 4.85. The molecule has 0 aliphatic heterocycles. The number of aromatic nitrogens is 2. The molecule has 3 rings (SSSR count). The van der Waals surface area contributed by atoms with Gasteiger partial charge in [0.15, 0.2) is 5.60 Å². The molecule has 0 spiro atoms. The second-order valence-electron chi connectivity index (χ2n) is 5.98. The number of aliphatic hydroxyl groups is 1. The van der Waals surface area contributed by atoms with Crippen LogP contribution in [-0.2, 0) is 12.6 Å². The second kappa shape index (κ2) is 7.63. The van der Waals surface area contributed by atoms with E-state index in [1.807, 2.05) is 0 Å². The van der Waals surface area contributed by atoms with E-state index < -0.39 is 5.60 Å². The van der Waals surface area contributed by atoms with Gasteiger partial charge in [0.05, 0.1) is 46.0 Å². The van der Waals surface area contributed by atoms with E-state index in [9.17, 15) is 5.11 Å². The van der Waals surface area contributed by atoms with Gasteiger partial charge in [0.2, 0.25) is 0 Å². The van der Waals surface area contributed by atoms with Gasteiger partial charge in [0.1, 0.15) is 12.4 Å². The molecule has 0 radical (unpaired) electrons. The molecule has 1 heterocycles. The van der Waals surface area contributed by atoms with Crippen molar-refractivity contribution in [2.24, 2.45) is 7.05 Å². The SMILES string of the molecule is Cn1cncc1C(O)(COc1ccc(C#N)cc1Br)c1ccc(C#N)cc1. The Morgan fingerprint density at radius 3 is 2.37 bits per heavy atom. The monoisotopic (exact) mass is 422 g/mol. The van der Waals surface area contributed by atoms with Gasteiger partial charge in [0.25, 0.3) is 0 Å². The third kappa shape index (κ3) is 3.70. The Kier molecular flexibility index (Phi) is 5.27. The molecule has 0 saturated carbocycles. The van der Waals surface area contributed by atoms with Crippen LogP contribution in [0.1, 0.15) is 22.4 Å². The molecule has 27 heavy (non-hydrogen) atoms. The third-order valence-electron chi connectivity index (χ3n) is 4.23. The highest BCUT2D eigenvalue weighted by Gasteiger charge is 2.35. The number of halogens is 1. The number of imidazole rings is 1. The van der Waals surface area contributed by atoms with Gasteiger partial charge in [-0.1, -0.05) is 12.1 Å². The standard InChI is InChI=1S/C20H15BrN4O2/c1-25-13-24-11-19(25)20(26,16-5-2-14(9-22)3-6-16)12-27-18-7-4-15(10-23)8-17(18)21/h2-8,11,13,26H,12H2,1H3. The van der Waals surface area contributed by atoms with Crippen molar-refractivity contribution in [2.75, 3.05) is 6.61 Å². The lowest BCUT2D eigenvalue weighted by atomic mass is 9.90. The van der Waals surface area contributed by atoms with Crippen molar-refractivity contribution in [2.45, 2.75) is 5.60 Å². The van der Waals surface area contributed by atoms with Crippen LogP contribution < -0.4 is 4.74 Å². The fourth-order valence-electron chi connectivity index (χ4n) is 2.75. The average molecular weight is 423 g/mol. The number of nitrogens with zero attached hydrogens (tertiary/aromatic N) is 4. The molecule has 0 bridgehead atoms. The molecule has 6 nitrogen and oxygen atoms in total. The first-order chi connectivity index (χ1) is 13.0. The predicted octanol–water partition coefficient (Wildman–Crippen LogP) is 3.24. The van der Waals surface area contributed by atoms with Gasteiger partial charge in [-0.25, -0.2) is 4.98 Å². The highest BCUT2D eigenvalue weighted by atomic mass is 79.9. The van der Waals surface area contributed by atoms with Gasteiger partial charge in [-0.15, -0.1) is 0 Å². The van der Waals surface area contributed by atoms with Crippen LogP contribution in [-0.4, -0.2) is 21.3 Å². The zero-order valence-corrected chi connectivity index (χ0v) is 16.0. The molecule has 0 amide bonds. The van der Waals surface area contributed by atoms with Crippen molar-refractivity contribution in [3.05, 3.63) is 81.8 Å². The maximum absolute atomic E-state index is 11.5. The fourth-order valence-corrected chi connectivity index (χ4v) is 3.24. The molecule has 1 N–H and O–H groups in total. The van der Waals surface area contributed by atoms with Gasteiger partial charge in [-0.2, -0.15) is 10.5 Å². The number of hydrogen-bond donors (Lipinski definition) is 1. The lowest BCUT2D eigenvalue weighted by molar-refractivity contribution is 0.0213. The van der Waals surface area contributed by atoms with E-state index in [4.69, 9.17) is 15.3 Å². The number of benzene rings is 2. The molecule has 0 aliphatic rings. The Labute approximate surface area is 165 Å². The zero-order chi connectivity index (χ0) is 19.4. The first-order valence-electron chi connectivity index (χ1n) is 8.00. The van der Waals surface area contributed by atoms with E-state index in [1.165, 1.54) is 0 Å². The smallest absolute Gasteiger partial charge is 0.165 e. The minimum atomic E-state index is -1.48. The molecule has 3 aromatic rings. The van der Waals surface area contributed by atoms with E-state index in [0.717, 1.165) is 0 Å². The van der Waals surface area contributed by atoms with Crippen LogP contribution in [0.2, 0.25) is 0 Å². The predicted molar refractivity (Wildman–Crippen MR) is 102 cm³/mol. The van der Waals surface area contributed by atoms with Gasteiger partial charge in [-0.05, 0) is 51.8 Å². The van der Waals surface area contributed by atoms with Gasteiger partial charge in [0, 0.05) is 7.05 Å². The van der Waals surface area contributed by atoms with Crippen LogP contribution in [0.5, 0.6) is 5.75 Å². The van der Waals surface area contributed by atoms with Crippen LogP contribution >= 0.6 is 15.9 Å². The van der Waals surface area contributed by atoms with Crippen LogP contribution in [0.4, 0.5) is 0 Å². The van der Waals surface area contributed by atoms with Crippen molar-refractivity contribution >= 4 is 15.9 Å². The summed E-state index contributed by atoms with van der Waals surface area (Å²) < 4.78 is 8.22. The Hall–Kier alpha value is -3.13. The second-order valence-corrected chi connectivity index (χ2v) is 6.84. The number of aryl methyl sites for hydroxylation is 1. The lowest BCUT2D eigenvalue weighted by Gasteiger charge is -2.29. The summed E-state index contributed by atoms with van der Waals surface area (Å²) in [6.07, 6.45) is 3.18. The summed E-state index contributed by atoms with van der Waals surface area (Å²) >= 11 is 3.38. The van der Waals surface area contributed by atoms with Crippen LogP contribution in [0.25, 0.3) is 0 Å². The zero-order valence-electron chi connectivity index (χ0n) is 14.4. The Morgan fingerprint density at radius 2 is 1.81 bits per heavy atom. The van der Waals surface area contributed by atoms with Crippen molar-refractivity contribution < 1.29 is 9.84 Å². The fraction of sp³-hybridized carbons (Fsp3) is 0.150. The molecule has 7 heteroatoms. The largest absolute Gasteiger partial charge is 0.489 e. The summed E-state index contributed by atoms with van der Waals surface area (Å²) in [6, 6.07) is 15.8. The summed E-state index contributed by atoms with van der Waals surface area (Å²) in [5.41, 5.74) is 0.656. The van der Waals surface area contributed by atoms with E-state index >= 15 is 0 Å². The van der Waals surface area contributed by atoms with Crippen molar-refractivity contribution in [3.8, 4) is 17.9 Å². The highest BCUT2D eigenvalue weighted by molar-refractivity contribution is 9.10. The van der Waals surface area contributed by atoms with Gasteiger partial charge in [-0.3, -0.25) is 0 Å². The normalized spacial score (nSPS) is 12.6. The van der Waals surface area contributed by atoms with E-state index in [2.05, 4.69) is 33.1 Å². The maximum atomic E-state index is 11.5. The summed E-state index contributed by atoms with van der Waals surface area (Å²) in [4.78, 5) is 4.09. The number of nitriles is 2. The minimum absolute atomic E-state index is 0.0804. The van der Waals surface area contributed by atoms with Crippen LogP contribution in [0.15, 0.2) is 59.5 Å². The first-order valence-corrected chi connectivity index (χ1v) is 8.79. The van der Waals surface area contributed by atoms with E-state index in [-0.39, 0.29) is 6.61 Å². The molecule has 1 unspecified atom stereocenters. The van der Waals surface area contributed by atoms with E-state index in [1.54, 1.807) is 66.6 Å². The molecular formula is C20H15BrN4O2. The quantitative estimate of drug-likeness (QED) is 0.680. The Morgan fingerprint density at radius 1 is 1.15 bits per heavy atom. The molecular weight excluding hydrogens is 408 g/mol. The number of ether oxygens (including phenoxy) is 1. The highest BCUT2D eigenvalue weighted by Crippen LogP contribution is 2.33. The topological polar surface area (TPSA) is 94.9 Å². The lowest BCUT2D eigenvalue weighted by Crippen LogP contribution is -2.36. The summed E-state index contributed by atoms with van der Waals surface area (Å²) in [6.45, 7) is -0.0804.